The molecule has 1 N–H and O–H groups in total. The van der Waals surface area contributed by atoms with Gasteiger partial charge in [0.25, 0.3) is 0 Å². The molecule has 174 valence electrons. The summed E-state index contributed by atoms with van der Waals surface area (Å²) < 4.78 is 13.1. The molecule has 5 rings (SSSR count). The van der Waals surface area contributed by atoms with Gasteiger partial charge < -0.3 is 14.6 Å². The smallest absolute Gasteiger partial charge is 0.341 e. The van der Waals surface area contributed by atoms with Crippen LogP contribution >= 0.6 is 23.2 Å². The standard InChI is InChI=1S/C27H18Cl2N2O4/c1-2-34-27(33)19-11-15-5-7-17-24(16-6-8-21(28)22(29)12-16)20(14-30)26(31-9-3-4-10-31)35-25(17)18(15)13-23(19)32/h3-13,24,32H,2H2,1H3. The number of allylic oxidation sites excluding steroid dienone is 1. The van der Waals surface area contributed by atoms with Crippen molar-refractivity contribution in [1.82, 2.24) is 4.57 Å². The molecule has 0 spiro atoms. The number of carbonyl (C=O) groups is 1. The van der Waals surface area contributed by atoms with E-state index in [4.69, 9.17) is 32.7 Å². The van der Waals surface area contributed by atoms with Crippen molar-refractivity contribution in [1.29, 1.82) is 5.26 Å². The average molecular weight is 505 g/mol. The van der Waals surface area contributed by atoms with Gasteiger partial charge in [0.15, 0.2) is 0 Å². The number of hydrogen-bond acceptors (Lipinski definition) is 5. The fourth-order valence-electron chi connectivity index (χ4n) is 4.31. The molecule has 35 heavy (non-hydrogen) atoms. The van der Waals surface area contributed by atoms with Gasteiger partial charge in [-0.1, -0.05) is 41.4 Å². The molecular formula is C27H18Cl2N2O4. The normalized spacial score (nSPS) is 14.9. The highest BCUT2D eigenvalue weighted by Gasteiger charge is 2.34. The lowest BCUT2D eigenvalue weighted by Crippen LogP contribution is -2.19. The van der Waals surface area contributed by atoms with Crippen LogP contribution in [-0.4, -0.2) is 22.2 Å². The number of benzene rings is 3. The van der Waals surface area contributed by atoms with Crippen molar-refractivity contribution in [2.24, 2.45) is 0 Å². The van der Waals surface area contributed by atoms with Crippen LogP contribution in [0.4, 0.5) is 0 Å². The summed E-state index contributed by atoms with van der Waals surface area (Å²) in [5.41, 5.74) is 1.93. The van der Waals surface area contributed by atoms with Gasteiger partial charge in [-0.3, -0.25) is 4.57 Å². The number of rotatable bonds is 4. The summed E-state index contributed by atoms with van der Waals surface area (Å²) in [6.07, 6.45) is 3.57. The number of esters is 1. The van der Waals surface area contributed by atoms with E-state index in [9.17, 15) is 15.2 Å². The van der Waals surface area contributed by atoms with Crippen LogP contribution in [0.25, 0.3) is 16.7 Å². The van der Waals surface area contributed by atoms with Crippen molar-refractivity contribution in [2.45, 2.75) is 12.8 Å². The summed E-state index contributed by atoms with van der Waals surface area (Å²) >= 11 is 12.5. The Morgan fingerprint density at radius 1 is 1.14 bits per heavy atom. The molecule has 0 saturated carbocycles. The molecule has 1 aliphatic rings. The Hall–Kier alpha value is -3.92. The van der Waals surface area contributed by atoms with E-state index in [0.29, 0.717) is 43.6 Å². The maximum Gasteiger partial charge on any atom is 0.341 e. The number of nitriles is 1. The van der Waals surface area contributed by atoms with Crippen molar-refractivity contribution < 1.29 is 19.4 Å². The van der Waals surface area contributed by atoms with Crippen LogP contribution in [0, 0.1) is 11.3 Å². The molecule has 0 saturated heterocycles. The molecule has 8 heteroatoms. The van der Waals surface area contributed by atoms with Crippen LogP contribution in [0.5, 0.6) is 11.5 Å². The molecule has 0 aliphatic carbocycles. The second kappa shape index (κ2) is 9.03. The number of aromatic hydroxyl groups is 1. The van der Waals surface area contributed by atoms with E-state index >= 15 is 0 Å². The molecule has 1 aromatic heterocycles. The van der Waals surface area contributed by atoms with Crippen molar-refractivity contribution in [3.05, 3.63) is 99.3 Å². The van der Waals surface area contributed by atoms with E-state index in [-0.39, 0.29) is 17.9 Å². The van der Waals surface area contributed by atoms with Crippen molar-refractivity contribution >= 4 is 45.8 Å². The summed E-state index contributed by atoms with van der Waals surface area (Å²) in [6, 6.07) is 17.9. The quantitative estimate of drug-likeness (QED) is 0.310. The Balaban J connectivity index is 1.78. The molecular weight excluding hydrogens is 487 g/mol. The SMILES string of the molecule is CCOC(=O)c1cc2ccc3c(c2cc1O)OC(n1cccc1)=C(C#N)C3c1ccc(Cl)c(Cl)c1. The predicted octanol–water partition coefficient (Wildman–Crippen LogP) is 6.75. The lowest BCUT2D eigenvalue weighted by atomic mass is 9.82. The second-order valence-corrected chi connectivity index (χ2v) is 8.74. The minimum absolute atomic E-state index is 0.0648. The summed E-state index contributed by atoms with van der Waals surface area (Å²) in [5.74, 6) is -0.544. The van der Waals surface area contributed by atoms with Crippen molar-refractivity contribution in [2.75, 3.05) is 6.61 Å². The van der Waals surface area contributed by atoms with Crippen molar-refractivity contribution in [3.63, 3.8) is 0 Å². The minimum Gasteiger partial charge on any atom is -0.507 e. The molecule has 1 atom stereocenters. The van der Waals surface area contributed by atoms with Gasteiger partial charge in [-0.15, -0.1) is 0 Å². The molecule has 3 aromatic carbocycles. The van der Waals surface area contributed by atoms with Crippen LogP contribution in [0.2, 0.25) is 10.0 Å². The van der Waals surface area contributed by atoms with Gasteiger partial charge in [0, 0.05) is 23.3 Å². The van der Waals surface area contributed by atoms with Gasteiger partial charge in [-0.25, -0.2) is 4.79 Å². The number of ether oxygens (including phenoxy) is 2. The van der Waals surface area contributed by atoms with Gasteiger partial charge in [-0.05, 0) is 54.3 Å². The van der Waals surface area contributed by atoms with E-state index < -0.39 is 11.9 Å². The number of halogens is 2. The van der Waals surface area contributed by atoms with Gasteiger partial charge in [-0.2, -0.15) is 5.26 Å². The molecule has 2 heterocycles. The molecule has 0 amide bonds. The molecule has 1 unspecified atom stereocenters. The third-order valence-electron chi connectivity index (χ3n) is 5.88. The third-order valence-corrected chi connectivity index (χ3v) is 6.62. The number of aromatic nitrogens is 1. The number of nitrogens with zero attached hydrogens (tertiary/aromatic N) is 2. The third kappa shape index (κ3) is 3.89. The van der Waals surface area contributed by atoms with E-state index in [2.05, 4.69) is 6.07 Å². The van der Waals surface area contributed by atoms with Crippen LogP contribution < -0.4 is 4.74 Å². The van der Waals surface area contributed by atoms with Crippen molar-refractivity contribution in [3.8, 4) is 17.6 Å². The molecule has 4 aromatic rings. The van der Waals surface area contributed by atoms with Gasteiger partial charge in [0.1, 0.15) is 28.7 Å². The van der Waals surface area contributed by atoms with E-state index in [1.807, 2.05) is 30.3 Å². The Bertz CT molecular complexity index is 1550. The summed E-state index contributed by atoms with van der Waals surface area (Å²) in [6.45, 7) is 1.89. The Kier molecular flexibility index (Phi) is 5.89. The molecule has 6 nitrogen and oxygen atoms in total. The first kappa shape index (κ1) is 22.9. The highest BCUT2D eigenvalue weighted by atomic mass is 35.5. The number of phenolic OH excluding ortho intramolecular Hbond substituents is 1. The monoisotopic (exact) mass is 504 g/mol. The fourth-order valence-corrected chi connectivity index (χ4v) is 4.61. The average Bonchev–Trinajstić information content (AvgIpc) is 3.39. The Morgan fingerprint density at radius 3 is 2.60 bits per heavy atom. The number of carbonyl (C=O) groups excluding carboxylic acids is 1. The minimum atomic E-state index is -0.612. The zero-order chi connectivity index (χ0) is 24.7. The summed E-state index contributed by atoms with van der Waals surface area (Å²) in [7, 11) is 0. The van der Waals surface area contributed by atoms with E-state index in [0.717, 1.165) is 5.56 Å². The van der Waals surface area contributed by atoms with Crippen LogP contribution in [0.15, 0.2) is 72.6 Å². The molecule has 0 fully saturated rings. The molecule has 0 bridgehead atoms. The number of hydrogen-bond donors (Lipinski definition) is 1. The summed E-state index contributed by atoms with van der Waals surface area (Å²) in [5, 5.41) is 22.9. The van der Waals surface area contributed by atoms with E-state index in [1.165, 1.54) is 6.07 Å². The van der Waals surface area contributed by atoms with E-state index in [1.54, 1.807) is 42.1 Å². The first-order chi connectivity index (χ1) is 16.9. The highest BCUT2D eigenvalue weighted by Crippen LogP contribution is 2.48. The first-order valence-electron chi connectivity index (χ1n) is 10.8. The molecule has 1 aliphatic heterocycles. The zero-order valence-corrected chi connectivity index (χ0v) is 20.0. The Labute approximate surface area is 211 Å². The van der Waals surface area contributed by atoms with Crippen LogP contribution in [0.1, 0.15) is 34.3 Å². The number of fused-ring (bicyclic) bond motifs is 3. The van der Waals surface area contributed by atoms with Gasteiger partial charge >= 0.3 is 5.97 Å². The number of phenols is 1. The van der Waals surface area contributed by atoms with Gasteiger partial charge in [0.05, 0.1) is 22.6 Å². The lowest BCUT2D eigenvalue weighted by molar-refractivity contribution is 0.0523. The highest BCUT2D eigenvalue weighted by molar-refractivity contribution is 6.42. The maximum atomic E-state index is 12.3. The van der Waals surface area contributed by atoms with Crippen LogP contribution in [0.3, 0.4) is 0 Å². The Morgan fingerprint density at radius 2 is 1.91 bits per heavy atom. The topological polar surface area (TPSA) is 84.5 Å². The lowest BCUT2D eigenvalue weighted by Gasteiger charge is -2.29. The second-order valence-electron chi connectivity index (χ2n) is 7.92. The zero-order valence-electron chi connectivity index (χ0n) is 18.5. The predicted molar refractivity (Wildman–Crippen MR) is 134 cm³/mol. The maximum absolute atomic E-state index is 12.3. The molecule has 0 radical (unpaired) electrons. The first-order valence-corrected chi connectivity index (χ1v) is 11.6. The largest absolute Gasteiger partial charge is 0.507 e. The van der Waals surface area contributed by atoms with Gasteiger partial charge in [0.2, 0.25) is 5.88 Å². The van der Waals surface area contributed by atoms with Crippen LogP contribution in [-0.2, 0) is 4.74 Å². The fraction of sp³-hybridized carbons (Fsp3) is 0.111. The summed E-state index contributed by atoms with van der Waals surface area (Å²) in [4.78, 5) is 12.3.